The van der Waals surface area contributed by atoms with Gasteiger partial charge in [-0.05, 0) is 12.8 Å². The lowest BCUT2D eigenvalue weighted by molar-refractivity contribution is 0.406. The van der Waals surface area contributed by atoms with Crippen molar-refractivity contribution in [3.05, 3.63) is 6.04 Å². The molecule has 1 radical (unpaired) electrons. The van der Waals surface area contributed by atoms with Gasteiger partial charge in [0.1, 0.15) is 12.1 Å². The Hall–Kier alpha value is -0.400. The minimum atomic E-state index is 0.542. The van der Waals surface area contributed by atoms with E-state index in [1.165, 1.54) is 44.6 Å². The number of hydrogen-bond donors (Lipinski definition) is 0. The molecule has 0 amide bonds. The van der Waals surface area contributed by atoms with Gasteiger partial charge in [-0.2, -0.15) is 10.2 Å². The first kappa shape index (κ1) is 6.32. The predicted molar refractivity (Wildman–Crippen MR) is 39.6 cm³/mol. The molecule has 1 aliphatic carbocycles. The van der Waals surface area contributed by atoms with Crippen molar-refractivity contribution in [2.45, 2.75) is 44.6 Å². The van der Waals surface area contributed by atoms with Crippen molar-refractivity contribution >= 4 is 0 Å². The van der Waals surface area contributed by atoms with Crippen LogP contribution in [0.2, 0.25) is 0 Å². The van der Waals surface area contributed by atoms with Crippen molar-refractivity contribution < 1.29 is 0 Å². The minimum absolute atomic E-state index is 0.542. The first-order valence-electron chi connectivity index (χ1n) is 4.23. The second kappa shape index (κ2) is 2.69. The van der Waals surface area contributed by atoms with Crippen LogP contribution < -0.4 is 0 Å². The lowest BCUT2D eigenvalue weighted by atomic mass is 9.92. The first-order chi connectivity index (χ1) is 4.97. The highest BCUT2D eigenvalue weighted by molar-refractivity contribution is 5.04. The second-order valence-corrected chi connectivity index (χ2v) is 3.18. The van der Waals surface area contributed by atoms with E-state index in [1.54, 1.807) is 0 Å². The maximum Gasteiger partial charge on any atom is 0.134 e. The fourth-order valence-corrected chi connectivity index (χ4v) is 1.66. The lowest BCUT2D eigenvalue weighted by Gasteiger charge is -2.27. The van der Waals surface area contributed by atoms with Gasteiger partial charge in [0.25, 0.3) is 0 Å². The largest absolute Gasteiger partial charge is 0.187 e. The molecule has 0 aromatic carbocycles. The summed E-state index contributed by atoms with van der Waals surface area (Å²) in [4.78, 5) is 0. The van der Waals surface area contributed by atoms with E-state index in [2.05, 4.69) is 10.2 Å². The van der Waals surface area contributed by atoms with Crippen LogP contribution >= 0.6 is 0 Å². The Labute approximate surface area is 61.7 Å². The van der Waals surface area contributed by atoms with Gasteiger partial charge in [-0.1, -0.05) is 25.7 Å². The zero-order valence-electron chi connectivity index (χ0n) is 6.21. The van der Waals surface area contributed by atoms with E-state index in [9.17, 15) is 0 Å². The van der Waals surface area contributed by atoms with Crippen molar-refractivity contribution in [2.24, 2.45) is 10.2 Å². The fourth-order valence-electron chi connectivity index (χ4n) is 1.66. The van der Waals surface area contributed by atoms with E-state index < -0.39 is 0 Å². The molecule has 0 bridgehead atoms. The summed E-state index contributed by atoms with van der Waals surface area (Å²) in [5.74, 6) is 0. The quantitative estimate of drug-likeness (QED) is 0.490. The Kier molecular flexibility index (Phi) is 1.70. The zero-order valence-corrected chi connectivity index (χ0v) is 6.21. The molecule has 2 nitrogen and oxygen atoms in total. The molecule has 1 unspecified atom stereocenters. The Morgan fingerprint density at radius 2 is 2.00 bits per heavy atom. The maximum absolute atomic E-state index is 4.08. The van der Waals surface area contributed by atoms with Crippen molar-refractivity contribution in [3.8, 4) is 0 Å². The maximum atomic E-state index is 4.08. The van der Waals surface area contributed by atoms with E-state index in [0.29, 0.717) is 6.04 Å². The number of hydrogen-bond acceptors (Lipinski definition) is 2. The molecule has 2 aliphatic rings. The molecule has 1 heterocycles. The van der Waals surface area contributed by atoms with E-state index in [4.69, 9.17) is 0 Å². The van der Waals surface area contributed by atoms with Gasteiger partial charge in [-0.15, -0.1) is 0 Å². The highest BCUT2D eigenvalue weighted by Crippen LogP contribution is 2.34. The monoisotopic (exact) mass is 137 g/mol. The van der Waals surface area contributed by atoms with E-state index in [1.807, 2.05) is 0 Å². The highest BCUT2D eigenvalue weighted by Gasteiger charge is 2.29. The molecule has 1 atom stereocenters. The summed E-state index contributed by atoms with van der Waals surface area (Å²) in [5, 5.41) is 8.12. The first-order valence-corrected chi connectivity index (χ1v) is 4.23. The number of fused-ring (bicyclic) bond motifs is 1. The molecule has 1 saturated carbocycles. The molecule has 2 rings (SSSR count). The van der Waals surface area contributed by atoms with Crippen molar-refractivity contribution in [3.63, 3.8) is 0 Å². The molecule has 0 aromatic heterocycles. The molecule has 55 valence electrons. The third-order valence-electron chi connectivity index (χ3n) is 2.37. The van der Waals surface area contributed by atoms with Gasteiger partial charge in [0.2, 0.25) is 0 Å². The molecule has 1 fully saturated rings. The Bertz CT molecular complexity index is 126. The third-order valence-corrected chi connectivity index (χ3v) is 2.37. The summed E-state index contributed by atoms with van der Waals surface area (Å²) < 4.78 is 0. The summed E-state index contributed by atoms with van der Waals surface area (Å²) in [7, 11) is 0. The SMILES string of the molecule is C1CCCC2N=N[C]2CC1. The van der Waals surface area contributed by atoms with Crippen LogP contribution in [-0.4, -0.2) is 6.04 Å². The summed E-state index contributed by atoms with van der Waals surface area (Å²) in [6.07, 6.45) is 7.97. The molecule has 10 heavy (non-hydrogen) atoms. The molecular formula is C8H13N2. The van der Waals surface area contributed by atoms with Crippen LogP contribution in [0.5, 0.6) is 0 Å². The van der Waals surface area contributed by atoms with Crippen LogP contribution in [0.25, 0.3) is 0 Å². The summed E-state index contributed by atoms with van der Waals surface area (Å²) in [6.45, 7) is 0. The molecule has 1 aliphatic heterocycles. The minimum Gasteiger partial charge on any atom is -0.187 e. The highest BCUT2D eigenvalue weighted by atomic mass is 15.2. The third kappa shape index (κ3) is 1.07. The van der Waals surface area contributed by atoms with Gasteiger partial charge >= 0.3 is 0 Å². The lowest BCUT2D eigenvalue weighted by Crippen LogP contribution is -2.22. The summed E-state index contributed by atoms with van der Waals surface area (Å²) in [6, 6.07) is 1.92. The fraction of sp³-hybridized carbons (Fsp3) is 0.875. The van der Waals surface area contributed by atoms with E-state index >= 15 is 0 Å². The van der Waals surface area contributed by atoms with Gasteiger partial charge in [-0.25, -0.2) is 0 Å². The van der Waals surface area contributed by atoms with Crippen LogP contribution in [-0.2, 0) is 0 Å². The van der Waals surface area contributed by atoms with E-state index in [0.717, 1.165) is 0 Å². The average molecular weight is 137 g/mol. The van der Waals surface area contributed by atoms with Gasteiger partial charge < -0.3 is 0 Å². The van der Waals surface area contributed by atoms with Gasteiger partial charge in [0.05, 0.1) is 0 Å². The summed E-state index contributed by atoms with van der Waals surface area (Å²) in [5.41, 5.74) is 0. The van der Waals surface area contributed by atoms with E-state index in [-0.39, 0.29) is 0 Å². The zero-order chi connectivity index (χ0) is 6.81. The Morgan fingerprint density at radius 3 is 2.80 bits per heavy atom. The van der Waals surface area contributed by atoms with Crippen LogP contribution in [0, 0.1) is 6.04 Å². The number of nitrogens with zero attached hydrogens (tertiary/aromatic N) is 2. The van der Waals surface area contributed by atoms with Crippen molar-refractivity contribution in [1.82, 2.24) is 0 Å². The smallest absolute Gasteiger partial charge is 0.134 e. The average Bonchev–Trinajstić information content (AvgIpc) is 1.89. The Balaban J connectivity index is 1.90. The van der Waals surface area contributed by atoms with Crippen molar-refractivity contribution in [1.29, 1.82) is 0 Å². The normalized spacial score (nSPS) is 33.8. The van der Waals surface area contributed by atoms with Gasteiger partial charge in [0.15, 0.2) is 0 Å². The molecule has 0 saturated heterocycles. The molecular weight excluding hydrogens is 124 g/mol. The van der Waals surface area contributed by atoms with Crippen LogP contribution in [0.15, 0.2) is 10.2 Å². The van der Waals surface area contributed by atoms with Crippen LogP contribution in [0.3, 0.4) is 0 Å². The van der Waals surface area contributed by atoms with Crippen molar-refractivity contribution in [2.75, 3.05) is 0 Å². The number of rotatable bonds is 0. The number of azo groups is 1. The standard InChI is InChI=1S/C8H13N2/c1-2-4-6-8-7(5-3-1)9-10-8/h7H,1-6H2. The molecule has 0 spiro atoms. The summed E-state index contributed by atoms with van der Waals surface area (Å²) >= 11 is 0. The van der Waals surface area contributed by atoms with Gasteiger partial charge in [0, 0.05) is 0 Å². The second-order valence-electron chi connectivity index (χ2n) is 3.18. The predicted octanol–water partition coefficient (Wildman–Crippen LogP) is 2.71. The Morgan fingerprint density at radius 1 is 1.10 bits per heavy atom. The molecule has 2 heteroatoms. The van der Waals surface area contributed by atoms with Crippen LogP contribution in [0.4, 0.5) is 0 Å². The molecule has 0 N–H and O–H groups in total. The van der Waals surface area contributed by atoms with Gasteiger partial charge in [-0.3, -0.25) is 0 Å². The van der Waals surface area contributed by atoms with Crippen LogP contribution in [0.1, 0.15) is 38.5 Å². The topological polar surface area (TPSA) is 24.7 Å². The molecule has 0 aromatic rings.